The van der Waals surface area contributed by atoms with Gasteiger partial charge < -0.3 is 5.32 Å². The molecule has 0 atom stereocenters. The fraction of sp³-hybridized carbons (Fsp3) is 0.308. The molecule has 1 N–H and O–H groups in total. The molecule has 0 radical (unpaired) electrons. The predicted octanol–water partition coefficient (Wildman–Crippen LogP) is 3.96. The maximum Gasteiger partial charge on any atom is 0.0909 e. The molecule has 0 bridgehead atoms. The van der Waals surface area contributed by atoms with Gasteiger partial charge in [0.05, 0.1) is 15.6 Å². The lowest BCUT2D eigenvalue weighted by Crippen LogP contribution is -2.12. The van der Waals surface area contributed by atoms with Gasteiger partial charge in [-0.3, -0.25) is 4.98 Å². The second-order valence-electron chi connectivity index (χ2n) is 3.96. The monoisotopic (exact) mass is 268 g/mol. The van der Waals surface area contributed by atoms with Crippen LogP contribution in [0.2, 0.25) is 10.0 Å². The average molecular weight is 269 g/mol. The molecule has 0 spiro atoms. The minimum atomic E-state index is 0.533. The van der Waals surface area contributed by atoms with E-state index in [1.165, 1.54) is 5.56 Å². The van der Waals surface area contributed by atoms with Gasteiger partial charge in [-0.1, -0.05) is 36.2 Å². The summed E-state index contributed by atoms with van der Waals surface area (Å²) in [5.74, 6) is 0. The second kappa shape index (κ2) is 5.21. The zero-order chi connectivity index (χ0) is 12.4. The molecule has 0 aliphatic heterocycles. The van der Waals surface area contributed by atoms with Crippen molar-refractivity contribution >= 4 is 34.1 Å². The lowest BCUT2D eigenvalue weighted by atomic mass is 10.1. The summed E-state index contributed by atoms with van der Waals surface area (Å²) in [5, 5.41) is 5.46. The average Bonchev–Trinajstić information content (AvgIpc) is 2.31. The van der Waals surface area contributed by atoms with Gasteiger partial charge in [-0.25, -0.2) is 0 Å². The summed E-state index contributed by atoms with van der Waals surface area (Å²) in [7, 11) is 0. The van der Waals surface area contributed by atoms with Crippen LogP contribution in [0.15, 0.2) is 18.2 Å². The Kier molecular flexibility index (Phi) is 3.87. The van der Waals surface area contributed by atoms with E-state index in [4.69, 9.17) is 23.2 Å². The predicted molar refractivity (Wildman–Crippen MR) is 73.9 cm³/mol. The van der Waals surface area contributed by atoms with Gasteiger partial charge in [-0.15, -0.1) is 0 Å². The SMILES string of the molecule is CCNCc1cc(C)nc2c(Cl)c(Cl)ccc12. The number of benzene rings is 1. The van der Waals surface area contributed by atoms with Crippen molar-refractivity contribution in [2.45, 2.75) is 20.4 Å². The quantitative estimate of drug-likeness (QED) is 0.912. The molecule has 17 heavy (non-hydrogen) atoms. The third-order valence-corrected chi connectivity index (χ3v) is 3.45. The number of hydrogen-bond donors (Lipinski definition) is 1. The van der Waals surface area contributed by atoms with Gasteiger partial charge in [0.25, 0.3) is 0 Å². The second-order valence-corrected chi connectivity index (χ2v) is 4.75. The molecule has 0 saturated heterocycles. The van der Waals surface area contributed by atoms with Crippen LogP contribution >= 0.6 is 23.2 Å². The molecular weight excluding hydrogens is 255 g/mol. The van der Waals surface area contributed by atoms with Crippen LogP contribution in [0, 0.1) is 6.92 Å². The largest absolute Gasteiger partial charge is 0.313 e. The number of nitrogens with one attached hydrogen (secondary N) is 1. The van der Waals surface area contributed by atoms with Crippen molar-refractivity contribution in [3.05, 3.63) is 39.5 Å². The molecule has 1 heterocycles. The first-order valence-corrected chi connectivity index (χ1v) is 6.34. The highest BCUT2D eigenvalue weighted by Crippen LogP contribution is 2.31. The van der Waals surface area contributed by atoms with Gasteiger partial charge >= 0.3 is 0 Å². The maximum absolute atomic E-state index is 6.19. The van der Waals surface area contributed by atoms with Gasteiger partial charge in [0, 0.05) is 17.6 Å². The van der Waals surface area contributed by atoms with Crippen LogP contribution in [-0.2, 0) is 6.54 Å². The summed E-state index contributed by atoms with van der Waals surface area (Å²) in [5.41, 5.74) is 2.94. The summed E-state index contributed by atoms with van der Waals surface area (Å²) in [6, 6.07) is 5.87. The van der Waals surface area contributed by atoms with Crippen molar-refractivity contribution in [3.8, 4) is 0 Å². The lowest BCUT2D eigenvalue weighted by Gasteiger charge is -2.10. The Balaban J connectivity index is 2.64. The fourth-order valence-electron chi connectivity index (χ4n) is 1.85. The number of pyridine rings is 1. The first-order chi connectivity index (χ1) is 8.13. The molecule has 0 fully saturated rings. The van der Waals surface area contributed by atoms with E-state index >= 15 is 0 Å². The minimum Gasteiger partial charge on any atom is -0.313 e. The summed E-state index contributed by atoms with van der Waals surface area (Å²) >= 11 is 12.2. The number of nitrogens with zero attached hydrogens (tertiary/aromatic N) is 1. The van der Waals surface area contributed by atoms with Crippen LogP contribution in [0.25, 0.3) is 10.9 Å². The van der Waals surface area contributed by atoms with Crippen LogP contribution in [0.5, 0.6) is 0 Å². The van der Waals surface area contributed by atoms with Gasteiger partial charge in [0.1, 0.15) is 0 Å². The molecule has 2 rings (SSSR count). The molecule has 0 saturated carbocycles. The third kappa shape index (κ3) is 2.54. The van der Waals surface area contributed by atoms with Crippen molar-refractivity contribution in [2.75, 3.05) is 6.54 Å². The van der Waals surface area contributed by atoms with E-state index in [0.29, 0.717) is 10.0 Å². The standard InChI is InChI=1S/C13H14Cl2N2/c1-3-16-7-9-6-8(2)17-13-10(9)4-5-11(14)12(13)15/h4-6,16H,3,7H2,1-2H3. The van der Waals surface area contributed by atoms with E-state index in [9.17, 15) is 0 Å². The van der Waals surface area contributed by atoms with Gasteiger partial charge in [-0.2, -0.15) is 0 Å². The Morgan fingerprint density at radius 1 is 1.29 bits per heavy atom. The normalized spacial score (nSPS) is 11.1. The topological polar surface area (TPSA) is 24.9 Å². The first kappa shape index (κ1) is 12.6. The van der Waals surface area contributed by atoms with E-state index in [-0.39, 0.29) is 0 Å². The number of rotatable bonds is 3. The molecule has 2 nitrogen and oxygen atoms in total. The Morgan fingerprint density at radius 2 is 2.06 bits per heavy atom. The van der Waals surface area contributed by atoms with Crippen molar-refractivity contribution in [1.29, 1.82) is 0 Å². The molecule has 2 aromatic rings. The highest BCUT2D eigenvalue weighted by Gasteiger charge is 2.09. The zero-order valence-corrected chi connectivity index (χ0v) is 11.4. The minimum absolute atomic E-state index is 0.533. The lowest BCUT2D eigenvalue weighted by molar-refractivity contribution is 0.729. The van der Waals surface area contributed by atoms with Crippen LogP contribution < -0.4 is 5.32 Å². The first-order valence-electron chi connectivity index (χ1n) is 5.58. The molecule has 0 aliphatic carbocycles. The Hall–Kier alpha value is -0.830. The molecule has 1 aromatic heterocycles. The molecule has 0 amide bonds. The summed E-state index contributed by atoms with van der Waals surface area (Å²) in [6.07, 6.45) is 0. The molecule has 0 unspecified atom stereocenters. The van der Waals surface area contributed by atoms with Crippen molar-refractivity contribution in [2.24, 2.45) is 0 Å². The van der Waals surface area contributed by atoms with E-state index in [1.54, 1.807) is 0 Å². The fourth-order valence-corrected chi connectivity index (χ4v) is 2.21. The highest BCUT2D eigenvalue weighted by molar-refractivity contribution is 6.45. The van der Waals surface area contributed by atoms with Crippen molar-refractivity contribution in [1.82, 2.24) is 10.3 Å². The summed E-state index contributed by atoms with van der Waals surface area (Å²) < 4.78 is 0. The van der Waals surface area contributed by atoms with Crippen LogP contribution in [0.3, 0.4) is 0 Å². The smallest absolute Gasteiger partial charge is 0.0909 e. The highest BCUT2D eigenvalue weighted by atomic mass is 35.5. The van der Waals surface area contributed by atoms with Gasteiger partial charge in [0.2, 0.25) is 0 Å². The Morgan fingerprint density at radius 3 is 2.76 bits per heavy atom. The number of aryl methyl sites for hydroxylation is 1. The summed E-state index contributed by atoms with van der Waals surface area (Å²) in [4.78, 5) is 4.46. The Bertz CT molecular complexity index is 553. The molecule has 90 valence electrons. The summed E-state index contributed by atoms with van der Waals surface area (Å²) in [6.45, 7) is 5.80. The maximum atomic E-state index is 6.19. The van der Waals surface area contributed by atoms with E-state index < -0.39 is 0 Å². The van der Waals surface area contributed by atoms with E-state index in [0.717, 1.165) is 29.7 Å². The van der Waals surface area contributed by atoms with Crippen molar-refractivity contribution in [3.63, 3.8) is 0 Å². The number of aromatic nitrogens is 1. The van der Waals surface area contributed by atoms with Gasteiger partial charge in [0.15, 0.2) is 0 Å². The van der Waals surface area contributed by atoms with E-state index in [1.807, 2.05) is 19.1 Å². The van der Waals surface area contributed by atoms with Crippen molar-refractivity contribution < 1.29 is 0 Å². The van der Waals surface area contributed by atoms with Crippen LogP contribution in [0.4, 0.5) is 0 Å². The molecule has 1 aromatic carbocycles. The van der Waals surface area contributed by atoms with E-state index in [2.05, 4.69) is 23.3 Å². The number of fused-ring (bicyclic) bond motifs is 1. The van der Waals surface area contributed by atoms with Crippen LogP contribution in [0.1, 0.15) is 18.2 Å². The zero-order valence-electron chi connectivity index (χ0n) is 9.85. The molecular formula is C13H14Cl2N2. The number of hydrogen-bond acceptors (Lipinski definition) is 2. The van der Waals surface area contributed by atoms with Crippen LogP contribution in [-0.4, -0.2) is 11.5 Å². The van der Waals surface area contributed by atoms with Gasteiger partial charge in [-0.05, 0) is 31.2 Å². The molecule has 0 aliphatic rings. The molecule has 4 heteroatoms. The Labute approximate surface area is 111 Å². The number of halogens is 2. The third-order valence-electron chi connectivity index (χ3n) is 2.65.